The fourth-order valence-electron chi connectivity index (χ4n) is 2.46. The minimum atomic E-state index is -0.163. The molecule has 2 rings (SSSR count). The van der Waals surface area contributed by atoms with E-state index in [1.807, 2.05) is 0 Å². The number of oxime groups is 1. The van der Waals surface area contributed by atoms with E-state index in [0.29, 0.717) is 12.5 Å². The van der Waals surface area contributed by atoms with E-state index in [1.54, 1.807) is 4.90 Å². The monoisotopic (exact) mass is 240 g/mol. The maximum atomic E-state index is 11.6. The van der Waals surface area contributed by atoms with Gasteiger partial charge in [-0.05, 0) is 44.4 Å². The van der Waals surface area contributed by atoms with Crippen LogP contribution in [0.1, 0.15) is 38.5 Å². The van der Waals surface area contributed by atoms with E-state index in [-0.39, 0.29) is 6.09 Å². The molecule has 0 spiro atoms. The van der Waals surface area contributed by atoms with Crippen LogP contribution in [0.15, 0.2) is 5.16 Å². The summed E-state index contributed by atoms with van der Waals surface area (Å²) in [6.07, 6.45) is 5.57. The Hall–Kier alpha value is -1.26. The summed E-state index contributed by atoms with van der Waals surface area (Å²) in [4.78, 5) is 13.4. The molecule has 2 aliphatic rings. The van der Waals surface area contributed by atoms with Crippen molar-refractivity contribution in [1.82, 2.24) is 4.90 Å². The molecule has 1 saturated carbocycles. The van der Waals surface area contributed by atoms with Crippen LogP contribution in [0.2, 0.25) is 0 Å². The molecule has 0 unspecified atom stereocenters. The maximum absolute atomic E-state index is 11.6. The van der Waals surface area contributed by atoms with Crippen LogP contribution in [0, 0.1) is 5.92 Å². The topological polar surface area (TPSA) is 62.1 Å². The predicted octanol–water partition coefficient (Wildman–Crippen LogP) is 2.24. The molecule has 96 valence electrons. The van der Waals surface area contributed by atoms with Gasteiger partial charge >= 0.3 is 6.09 Å². The summed E-state index contributed by atoms with van der Waals surface area (Å²) in [5.41, 5.74) is 0.868. The van der Waals surface area contributed by atoms with Gasteiger partial charge < -0.3 is 14.8 Å². The molecule has 0 aromatic carbocycles. The molecule has 1 N–H and O–H groups in total. The van der Waals surface area contributed by atoms with E-state index in [1.165, 1.54) is 0 Å². The second-order valence-electron chi connectivity index (χ2n) is 4.88. The van der Waals surface area contributed by atoms with E-state index >= 15 is 0 Å². The van der Waals surface area contributed by atoms with Crippen molar-refractivity contribution >= 4 is 11.8 Å². The van der Waals surface area contributed by atoms with Crippen molar-refractivity contribution in [1.29, 1.82) is 0 Å². The van der Waals surface area contributed by atoms with Gasteiger partial charge in [-0.1, -0.05) is 5.16 Å². The smallest absolute Gasteiger partial charge is 0.409 e. The highest BCUT2D eigenvalue weighted by Crippen LogP contribution is 2.23. The number of nitrogens with zero attached hydrogens (tertiary/aromatic N) is 2. The number of ether oxygens (including phenoxy) is 1. The quantitative estimate of drug-likeness (QED) is 0.594. The summed E-state index contributed by atoms with van der Waals surface area (Å²) in [6.45, 7) is 2.18. The fraction of sp³-hybridized carbons (Fsp3) is 0.833. The zero-order chi connectivity index (χ0) is 12.1. The normalized spacial score (nSPS) is 24.8. The number of likely N-dealkylation sites (tertiary alicyclic amines) is 1. The molecule has 1 aliphatic carbocycles. The Bertz CT molecular complexity index is 288. The zero-order valence-electron chi connectivity index (χ0n) is 10.1. The maximum Gasteiger partial charge on any atom is 0.409 e. The van der Waals surface area contributed by atoms with Crippen molar-refractivity contribution in [3.8, 4) is 0 Å². The molecule has 5 heteroatoms. The van der Waals surface area contributed by atoms with Crippen molar-refractivity contribution in [2.24, 2.45) is 11.1 Å². The third kappa shape index (κ3) is 3.35. The van der Waals surface area contributed by atoms with Gasteiger partial charge in [0.1, 0.15) is 0 Å². The molecule has 0 bridgehead atoms. The van der Waals surface area contributed by atoms with Gasteiger partial charge in [-0.3, -0.25) is 0 Å². The molecule has 17 heavy (non-hydrogen) atoms. The Morgan fingerprint density at radius 2 is 2.00 bits per heavy atom. The van der Waals surface area contributed by atoms with Crippen LogP contribution in [0.4, 0.5) is 4.79 Å². The van der Waals surface area contributed by atoms with Crippen molar-refractivity contribution in [3.63, 3.8) is 0 Å². The van der Waals surface area contributed by atoms with Crippen LogP contribution in [-0.2, 0) is 4.74 Å². The highest BCUT2D eigenvalue weighted by atomic mass is 16.6. The van der Waals surface area contributed by atoms with Gasteiger partial charge in [-0.2, -0.15) is 0 Å². The molecule has 1 heterocycles. The summed E-state index contributed by atoms with van der Waals surface area (Å²) in [5, 5.41) is 11.9. The first-order valence-corrected chi connectivity index (χ1v) is 6.41. The molecule has 1 aliphatic heterocycles. The van der Waals surface area contributed by atoms with Crippen LogP contribution in [-0.4, -0.2) is 41.6 Å². The third-order valence-electron chi connectivity index (χ3n) is 3.63. The molecule has 5 nitrogen and oxygen atoms in total. The van der Waals surface area contributed by atoms with Crippen molar-refractivity contribution < 1.29 is 14.7 Å². The number of hydrogen-bond donors (Lipinski definition) is 1. The van der Waals surface area contributed by atoms with E-state index < -0.39 is 0 Å². The van der Waals surface area contributed by atoms with Crippen LogP contribution in [0.3, 0.4) is 0 Å². The molecular formula is C12H20N2O3. The minimum Gasteiger partial charge on any atom is -0.449 e. The van der Waals surface area contributed by atoms with Gasteiger partial charge in [0, 0.05) is 13.1 Å². The van der Waals surface area contributed by atoms with Gasteiger partial charge in [-0.15, -0.1) is 0 Å². The number of carbonyl (C=O) groups excluding carboxylic acids is 1. The van der Waals surface area contributed by atoms with Crippen LogP contribution in [0.25, 0.3) is 0 Å². The highest BCUT2D eigenvalue weighted by molar-refractivity contribution is 5.84. The van der Waals surface area contributed by atoms with Gasteiger partial charge in [0.15, 0.2) is 0 Å². The van der Waals surface area contributed by atoms with Gasteiger partial charge in [0.25, 0.3) is 0 Å². The lowest BCUT2D eigenvalue weighted by atomic mass is 9.89. The van der Waals surface area contributed by atoms with Crippen LogP contribution in [0.5, 0.6) is 0 Å². The van der Waals surface area contributed by atoms with E-state index in [4.69, 9.17) is 9.94 Å². The lowest BCUT2D eigenvalue weighted by molar-refractivity contribution is 0.0906. The Labute approximate surface area is 101 Å². The molecule has 2 fully saturated rings. The molecular weight excluding hydrogens is 220 g/mol. The molecule has 1 saturated heterocycles. The minimum absolute atomic E-state index is 0.163. The molecule has 0 aromatic rings. The number of rotatable bonds is 2. The van der Waals surface area contributed by atoms with Gasteiger partial charge in [0.2, 0.25) is 0 Å². The molecule has 0 atom stereocenters. The summed E-state index contributed by atoms with van der Waals surface area (Å²) in [7, 11) is 0. The number of carbonyl (C=O) groups is 1. The first-order chi connectivity index (χ1) is 8.29. The van der Waals surface area contributed by atoms with E-state index in [2.05, 4.69) is 5.16 Å². The summed E-state index contributed by atoms with van der Waals surface area (Å²) in [5.74, 6) is 0.423. The van der Waals surface area contributed by atoms with Crippen LogP contribution >= 0.6 is 0 Å². The molecule has 0 radical (unpaired) electrons. The Morgan fingerprint density at radius 1 is 1.35 bits per heavy atom. The van der Waals surface area contributed by atoms with Crippen molar-refractivity contribution in [2.45, 2.75) is 38.5 Å². The Kier molecular flexibility index (Phi) is 4.23. The van der Waals surface area contributed by atoms with E-state index in [9.17, 15) is 4.79 Å². The SMILES string of the molecule is O=C(OCC1CCC(=NO)CC1)N1CCCC1. The lowest BCUT2D eigenvalue weighted by Crippen LogP contribution is -2.30. The molecule has 0 aromatic heterocycles. The fourth-order valence-corrected chi connectivity index (χ4v) is 2.46. The average molecular weight is 240 g/mol. The number of hydrogen-bond acceptors (Lipinski definition) is 4. The largest absolute Gasteiger partial charge is 0.449 e. The van der Waals surface area contributed by atoms with Crippen molar-refractivity contribution in [3.05, 3.63) is 0 Å². The number of amides is 1. The second-order valence-corrected chi connectivity index (χ2v) is 4.88. The third-order valence-corrected chi connectivity index (χ3v) is 3.63. The first kappa shape index (κ1) is 12.2. The lowest BCUT2D eigenvalue weighted by Gasteiger charge is -2.23. The first-order valence-electron chi connectivity index (χ1n) is 6.41. The Morgan fingerprint density at radius 3 is 2.59 bits per heavy atom. The Balaban J connectivity index is 1.66. The zero-order valence-corrected chi connectivity index (χ0v) is 10.1. The van der Waals surface area contributed by atoms with Gasteiger partial charge in [0.05, 0.1) is 12.3 Å². The van der Waals surface area contributed by atoms with Gasteiger partial charge in [-0.25, -0.2) is 4.79 Å². The standard InChI is InChI=1S/C12H20N2O3/c15-12(14-7-1-2-8-14)17-9-10-3-5-11(13-16)6-4-10/h10,16H,1-9H2. The summed E-state index contributed by atoms with van der Waals surface area (Å²) < 4.78 is 5.32. The van der Waals surface area contributed by atoms with E-state index in [0.717, 1.165) is 57.3 Å². The average Bonchev–Trinajstić information content (AvgIpc) is 2.90. The summed E-state index contributed by atoms with van der Waals surface area (Å²) >= 11 is 0. The second kappa shape index (κ2) is 5.89. The summed E-state index contributed by atoms with van der Waals surface area (Å²) in [6, 6.07) is 0. The highest BCUT2D eigenvalue weighted by Gasteiger charge is 2.22. The molecule has 1 amide bonds. The van der Waals surface area contributed by atoms with Crippen molar-refractivity contribution in [2.75, 3.05) is 19.7 Å². The predicted molar refractivity (Wildman–Crippen MR) is 63.3 cm³/mol. The van der Waals surface area contributed by atoms with Crippen LogP contribution < -0.4 is 0 Å².